The molecule has 0 aromatic heterocycles. The summed E-state index contributed by atoms with van der Waals surface area (Å²) in [6.07, 6.45) is -0.720. The minimum Gasteiger partial charge on any atom is -0.481 e. The molecule has 0 fully saturated rings. The van der Waals surface area contributed by atoms with E-state index in [1.165, 1.54) is 0 Å². The molecule has 1 atom stereocenters. The summed E-state index contributed by atoms with van der Waals surface area (Å²) in [5.74, 6) is 0.238. The molecule has 6 heteroatoms. The Morgan fingerprint density at radius 2 is 1.61 bits per heavy atom. The second-order valence-electron chi connectivity index (χ2n) is 5.22. The topological polar surface area (TPSA) is 38.3 Å². The number of ether oxygens (including phenoxy) is 1. The van der Waals surface area contributed by atoms with E-state index in [9.17, 15) is 4.79 Å². The summed E-state index contributed by atoms with van der Waals surface area (Å²) in [5, 5.41) is 4.12. The van der Waals surface area contributed by atoms with E-state index in [1.54, 1.807) is 37.3 Å². The fraction of sp³-hybridized carbons (Fsp3) is 0.235. The van der Waals surface area contributed by atoms with E-state index >= 15 is 0 Å². The summed E-state index contributed by atoms with van der Waals surface area (Å²) in [7, 11) is 0. The second kappa shape index (κ2) is 7.43. The van der Waals surface area contributed by atoms with Gasteiger partial charge >= 0.3 is 0 Å². The molecule has 3 nitrogen and oxygen atoms in total. The zero-order valence-corrected chi connectivity index (χ0v) is 15.2. The van der Waals surface area contributed by atoms with Gasteiger partial charge in [0.1, 0.15) is 5.75 Å². The van der Waals surface area contributed by atoms with Crippen LogP contribution in [0, 0.1) is 13.8 Å². The quantitative estimate of drug-likeness (QED) is 0.751. The fourth-order valence-electron chi connectivity index (χ4n) is 2.07. The normalized spacial score (nSPS) is 11.9. The van der Waals surface area contributed by atoms with Gasteiger partial charge in [-0.1, -0.05) is 40.9 Å². The number of hydrogen-bond acceptors (Lipinski definition) is 2. The Bertz CT molecular complexity index is 703. The largest absolute Gasteiger partial charge is 0.481 e. The predicted octanol–water partition coefficient (Wildman–Crippen LogP) is 5.67. The summed E-state index contributed by atoms with van der Waals surface area (Å²) < 4.78 is 5.69. The molecule has 1 amide bonds. The van der Waals surface area contributed by atoms with E-state index in [0.29, 0.717) is 26.5 Å². The first-order chi connectivity index (χ1) is 10.8. The van der Waals surface area contributed by atoms with Crippen molar-refractivity contribution >= 4 is 46.4 Å². The number of aryl methyl sites for hydroxylation is 2. The lowest BCUT2D eigenvalue weighted by atomic mass is 10.1. The van der Waals surface area contributed by atoms with Crippen LogP contribution in [0.3, 0.4) is 0 Å². The molecule has 0 aliphatic rings. The number of nitrogens with one attached hydrogen (secondary N) is 1. The first-order valence-electron chi connectivity index (χ1n) is 6.98. The van der Waals surface area contributed by atoms with Crippen molar-refractivity contribution in [2.24, 2.45) is 0 Å². The molecule has 0 aliphatic heterocycles. The van der Waals surface area contributed by atoms with E-state index in [1.807, 2.05) is 13.8 Å². The highest BCUT2D eigenvalue weighted by Gasteiger charge is 2.18. The van der Waals surface area contributed by atoms with Gasteiger partial charge in [0.15, 0.2) is 6.10 Å². The molecule has 0 spiro atoms. The van der Waals surface area contributed by atoms with Crippen LogP contribution < -0.4 is 10.1 Å². The SMILES string of the molecule is Cc1cc(O[C@@H](C)C(=O)Nc2c(Cl)cccc2Cl)cc(C)c1Cl. The minimum absolute atomic E-state index is 0.342. The van der Waals surface area contributed by atoms with Crippen molar-refractivity contribution in [3.63, 3.8) is 0 Å². The minimum atomic E-state index is -0.720. The number of rotatable bonds is 4. The third-order valence-corrected chi connectivity index (χ3v) is 4.53. The van der Waals surface area contributed by atoms with E-state index in [0.717, 1.165) is 11.1 Å². The van der Waals surface area contributed by atoms with Crippen LogP contribution in [0.25, 0.3) is 0 Å². The van der Waals surface area contributed by atoms with Crippen LogP contribution in [-0.2, 0) is 4.79 Å². The Morgan fingerprint density at radius 1 is 1.09 bits per heavy atom. The van der Waals surface area contributed by atoms with Crippen LogP contribution >= 0.6 is 34.8 Å². The molecule has 122 valence electrons. The molecule has 1 N–H and O–H groups in total. The van der Waals surface area contributed by atoms with Gasteiger partial charge in [-0.25, -0.2) is 0 Å². The molecule has 0 heterocycles. The molecule has 0 bridgehead atoms. The smallest absolute Gasteiger partial charge is 0.265 e. The van der Waals surface area contributed by atoms with Gasteiger partial charge in [-0.15, -0.1) is 0 Å². The van der Waals surface area contributed by atoms with Gasteiger partial charge in [-0.05, 0) is 56.2 Å². The molecule has 0 unspecified atom stereocenters. The van der Waals surface area contributed by atoms with Crippen molar-refractivity contribution in [1.82, 2.24) is 0 Å². The number of halogens is 3. The molecule has 0 saturated heterocycles. The second-order valence-corrected chi connectivity index (χ2v) is 6.41. The van der Waals surface area contributed by atoms with Crippen LogP contribution in [0.5, 0.6) is 5.75 Å². The van der Waals surface area contributed by atoms with E-state index < -0.39 is 6.10 Å². The van der Waals surface area contributed by atoms with Crippen molar-refractivity contribution in [3.8, 4) is 5.75 Å². The zero-order chi connectivity index (χ0) is 17.1. The highest BCUT2D eigenvalue weighted by molar-refractivity contribution is 6.39. The number of para-hydroxylation sites is 1. The van der Waals surface area contributed by atoms with Crippen molar-refractivity contribution in [2.75, 3.05) is 5.32 Å². The van der Waals surface area contributed by atoms with Crippen LogP contribution in [0.15, 0.2) is 30.3 Å². The molecule has 0 radical (unpaired) electrons. The third-order valence-electron chi connectivity index (χ3n) is 3.30. The number of benzene rings is 2. The van der Waals surface area contributed by atoms with Gasteiger partial charge in [-0.3, -0.25) is 4.79 Å². The number of amides is 1. The summed E-state index contributed by atoms with van der Waals surface area (Å²) in [6, 6.07) is 8.60. The van der Waals surface area contributed by atoms with Gasteiger partial charge in [0.25, 0.3) is 5.91 Å². The highest BCUT2D eigenvalue weighted by Crippen LogP contribution is 2.30. The van der Waals surface area contributed by atoms with Crippen molar-refractivity contribution in [3.05, 3.63) is 56.5 Å². The van der Waals surface area contributed by atoms with Gasteiger partial charge < -0.3 is 10.1 Å². The maximum absolute atomic E-state index is 12.3. The summed E-state index contributed by atoms with van der Waals surface area (Å²) in [4.78, 5) is 12.3. The number of hydrogen-bond donors (Lipinski definition) is 1. The van der Waals surface area contributed by atoms with Crippen molar-refractivity contribution in [1.29, 1.82) is 0 Å². The average Bonchev–Trinajstić information content (AvgIpc) is 2.48. The van der Waals surface area contributed by atoms with Gasteiger partial charge in [0.2, 0.25) is 0 Å². The van der Waals surface area contributed by atoms with Gasteiger partial charge in [-0.2, -0.15) is 0 Å². The lowest BCUT2D eigenvalue weighted by molar-refractivity contribution is -0.122. The van der Waals surface area contributed by atoms with Crippen molar-refractivity contribution in [2.45, 2.75) is 26.9 Å². The molecule has 2 aromatic rings. The first kappa shape index (κ1) is 17.9. The fourth-order valence-corrected chi connectivity index (χ4v) is 2.67. The number of carbonyl (C=O) groups is 1. The van der Waals surface area contributed by atoms with E-state index in [4.69, 9.17) is 39.5 Å². The van der Waals surface area contributed by atoms with Gasteiger partial charge in [0, 0.05) is 5.02 Å². The predicted molar refractivity (Wildman–Crippen MR) is 96.1 cm³/mol. The van der Waals surface area contributed by atoms with Crippen LogP contribution in [0.2, 0.25) is 15.1 Å². The zero-order valence-electron chi connectivity index (χ0n) is 12.9. The number of anilines is 1. The Labute approximate surface area is 150 Å². The lowest BCUT2D eigenvalue weighted by Crippen LogP contribution is -2.30. The molecule has 2 aromatic carbocycles. The van der Waals surface area contributed by atoms with Gasteiger partial charge in [0.05, 0.1) is 15.7 Å². The molecule has 0 saturated carbocycles. The lowest BCUT2D eigenvalue weighted by Gasteiger charge is -2.17. The summed E-state index contributed by atoms with van der Waals surface area (Å²) >= 11 is 18.2. The maximum atomic E-state index is 12.3. The summed E-state index contributed by atoms with van der Waals surface area (Å²) in [6.45, 7) is 5.42. The Balaban J connectivity index is 2.12. The molecular weight excluding hydrogens is 357 g/mol. The Hall–Kier alpha value is -1.42. The van der Waals surface area contributed by atoms with Crippen LogP contribution in [0.1, 0.15) is 18.1 Å². The highest BCUT2D eigenvalue weighted by atomic mass is 35.5. The summed E-state index contributed by atoms with van der Waals surface area (Å²) in [5.41, 5.74) is 2.16. The van der Waals surface area contributed by atoms with E-state index in [2.05, 4.69) is 5.32 Å². The van der Waals surface area contributed by atoms with Crippen molar-refractivity contribution < 1.29 is 9.53 Å². The van der Waals surface area contributed by atoms with Crippen LogP contribution in [0.4, 0.5) is 5.69 Å². The Kier molecular flexibility index (Phi) is 5.79. The molecule has 23 heavy (non-hydrogen) atoms. The number of carbonyl (C=O) groups excluding carboxylic acids is 1. The third kappa shape index (κ3) is 4.31. The first-order valence-corrected chi connectivity index (χ1v) is 8.11. The van der Waals surface area contributed by atoms with Crippen LogP contribution in [-0.4, -0.2) is 12.0 Å². The van der Waals surface area contributed by atoms with E-state index in [-0.39, 0.29) is 5.91 Å². The maximum Gasteiger partial charge on any atom is 0.265 e. The molecular formula is C17H16Cl3NO2. The monoisotopic (exact) mass is 371 g/mol. The molecule has 0 aliphatic carbocycles. The Morgan fingerprint density at radius 3 is 2.13 bits per heavy atom. The molecule has 2 rings (SSSR count). The standard InChI is InChI=1S/C17H16Cl3NO2/c1-9-7-12(8-10(2)15(9)20)23-11(3)17(22)21-16-13(18)5-4-6-14(16)19/h4-8,11H,1-3H3,(H,21,22)/t11-/m0/s1. The average molecular weight is 373 g/mol.